The second kappa shape index (κ2) is 6.32. The Morgan fingerprint density at radius 1 is 1.28 bits per heavy atom. The van der Waals surface area contributed by atoms with Crippen LogP contribution in [0.25, 0.3) is 0 Å². The lowest BCUT2D eigenvalue weighted by Crippen LogP contribution is -2.74. The Morgan fingerprint density at radius 3 is 2.59 bits per heavy atom. The van der Waals surface area contributed by atoms with Crippen molar-refractivity contribution in [2.45, 2.75) is 77.1 Å². The van der Waals surface area contributed by atoms with E-state index in [0.29, 0.717) is 30.6 Å². The first-order valence-electron chi connectivity index (χ1n) is 10.3. The molecule has 7 nitrogen and oxygen atoms in total. The van der Waals surface area contributed by atoms with Crippen molar-refractivity contribution in [3.05, 3.63) is 23.7 Å². The van der Waals surface area contributed by atoms with Gasteiger partial charge in [-0.1, -0.05) is 20.8 Å². The lowest BCUT2D eigenvalue weighted by Gasteiger charge is -2.68. The molecule has 4 rings (SSSR count). The molecule has 0 spiro atoms. The van der Waals surface area contributed by atoms with Gasteiger partial charge in [-0.15, -0.1) is 0 Å². The second-order valence-electron chi connectivity index (χ2n) is 9.94. The molecular weight excluding hydrogens is 376 g/mol. The van der Waals surface area contributed by atoms with Crippen molar-refractivity contribution >= 4 is 11.9 Å². The van der Waals surface area contributed by atoms with Crippen LogP contribution in [0.1, 0.15) is 64.2 Å². The van der Waals surface area contributed by atoms with E-state index in [9.17, 15) is 24.9 Å². The summed E-state index contributed by atoms with van der Waals surface area (Å²) in [6.07, 6.45) is 1.57. The van der Waals surface area contributed by atoms with Crippen LogP contribution >= 0.6 is 0 Å². The van der Waals surface area contributed by atoms with E-state index in [1.165, 1.54) is 13.2 Å². The number of ether oxygens (including phenoxy) is 1. The smallest absolute Gasteiger partial charge is 0.311 e. The normalized spacial score (nSPS) is 42.9. The van der Waals surface area contributed by atoms with Crippen molar-refractivity contribution in [2.24, 2.45) is 22.7 Å². The number of carbonyl (C=O) groups excluding carboxylic acids is 1. The van der Waals surface area contributed by atoms with Crippen LogP contribution in [0.4, 0.5) is 0 Å². The Bertz CT molecular complexity index is 842. The summed E-state index contributed by atoms with van der Waals surface area (Å²) in [4.78, 5) is 24.1. The molecule has 7 atom stereocenters. The number of aliphatic carboxylic acids is 1. The molecule has 0 radical (unpaired) electrons. The molecule has 1 aromatic heterocycles. The summed E-state index contributed by atoms with van der Waals surface area (Å²) >= 11 is 0. The molecule has 0 bridgehead atoms. The van der Waals surface area contributed by atoms with Crippen LogP contribution in [0, 0.1) is 22.7 Å². The Kier molecular flexibility index (Phi) is 4.45. The molecule has 2 saturated carbocycles. The van der Waals surface area contributed by atoms with Crippen LogP contribution in [0.2, 0.25) is 0 Å². The van der Waals surface area contributed by atoms with Crippen LogP contribution in [-0.4, -0.2) is 45.1 Å². The monoisotopic (exact) mass is 406 g/mol. The van der Waals surface area contributed by atoms with Crippen LogP contribution < -0.4 is 0 Å². The predicted molar refractivity (Wildman–Crippen MR) is 102 cm³/mol. The third-order valence-corrected chi connectivity index (χ3v) is 8.37. The van der Waals surface area contributed by atoms with Gasteiger partial charge < -0.3 is 24.5 Å². The number of aliphatic hydroxyl groups excluding tert-OH is 1. The summed E-state index contributed by atoms with van der Waals surface area (Å²) in [5, 5.41) is 33.2. The molecule has 1 heterocycles. The van der Waals surface area contributed by atoms with Gasteiger partial charge in [0, 0.05) is 36.7 Å². The van der Waals surface area contributed by atoms with Crippen molar-refractivity contribution in [3.8, 4) is 0 Å². The average molecular weight is 406 g/mol. The molecule has 0 aromatic carbocycles. The Morgan fingerprint density at radius 2 is 1.97 bits per heavy atom. The summed E-state index contributed by atoms with van der Waals surface area (Å²) in [5.74, 6) is -2.82. The van der Waals surface area contributed by atoms with Crippen molar-refractivity contribution in [1.82, 2.24) is 0 Å². The van der Waals surface area contributed by atoms with Gasteiger partial charge in [0.2, 0.25) is 0 Å². The van der Waals surface area contributed by atoms with Gasteiger partial charge in [-0.3, -0.25) is 9.59 Å². The number of hydrogen-bond donors (Lipinski definition) is 3. The number of furan rings is 1. The molecule has 1 aromatic rings. The van der Waals surface area contributed by atoms with Gasteiger partial charge in [-0.2, -0.15) is 0 Å². The largest absolute Gasteiger partial charge is 0.481 e. The minimum absolute atomic E-state index is 0.0480. The third kappa shape index (κ3) is 2.56. The molecule has 3 aliphatic carbocycles. The number of rotatable bonds is 2. The third-order valence-electron chi connectivity index (χ3n) is 8.37. The fraction of sp³-hybridized carbons (Fsp3) is 0.727. The summed E-state index contributed by atoms with van der Waals surface area (Å²) in [6.45, 7) is 7.19. The van der Waals surface area contributed by atoms with E-state index in [-0.39, 0.29) is 6.42 Å². The van der Waals surface area contributed by atoms with E-state index in [0.717, 1.165) is 0 Å². The van der Waals surface area contributed by atoms with E-state index in [4.69, 9.17) is 9.15 Å². The zero-order valence-electron chi connectivity index (χ0n) is 17.3. The first-order valence-corrected chi connectivity index (χ1v) is 10.3. The van der Waals surface area contributed by atoms with Gasteiger partial charge in [0.15, 0.2) is 0 Å². The zero-order chi connectivity index (χ0) is 21.4. The van der Waals surface area contributed by atoms with Gasteiger partial charge in [0.25, 0.3) is 0 Å². The molecule has 7 heteroatoms. The molecule has 0 unspecified atom stereocenters. The van der Waals surface area contributed by atoms with Crippen molar-refractivity contribution in [1.29, 1.82) is 0 Å². The predicted octanol–water partition coefficient (Wildman–Crippen LogP) is 2.49. The Hall–Kier alpha value is -1.86. The van der Waals surface area contributed by atoms with Crippen LogP contribution in [0.3, 0.4) is 0 Å². The summed E-state index contributed by atoms with van der Waals surface area (Å²) in [6, 6.07) is 1.66. The van der Waals surface area contributed by atoms with Crippen molar-refractivity contribution < 1.29 is 34.1 Å². The second-order valence-corrected chi connectivity index (χ2v) is 9.94. The Balaban J connectivity index is 1.91. The van der Waals surface area contributed by atoms with Crippen LogP contribution in [0.15, 0.2) is 16.7 Å². The molecule has 0 saturated heterocycles. The van der Waals surface area contributed by atoms with Crippen LogP contribution in [-0.2, 0) is 20.7 Å². The maximum absolute atomic E-state index is 12.2. The van der Waals surface area contributed by atoms with E-state index >= 15 is 0 Å². The first kappa shape index (κ1) is 20.4. The van der Waals surface area contributed by atoms with Gasteiger partial charge in [-0.25, -0.2) is 0 Å². The molecule has 0 amide bonds. The SMILES string of the molecule is CC(=O)O[C@H]1CCC(C)(C)[C@]2(O)C[C@H](O)[C@H]3[C@H](C(=O)O)c4ccoc4C[C@@H]3[C@@]12C. The lowest BCUT2D eigenvalue weighted by molar-refractivity contribution is -0.296. The highest BCUT2D eigenvalue weighted by Crippen LogP contribution is 2.67. The maximum atomic E-state index is 12.2. The van der Waals surface area contributed by atoms with Crippen molar-refractivity contribution in [3.63, 3.8) is 0 Å². The fourth-order valence-corrected chi connectivity index (χ4v) is 6.82. The van der Waals surface area contributed by atoms with E-state index < -0.39 is 58.3 Å². The van der Waals surface area contributed by atoms with Gasteiger partial charge in [-0.05, 0) is 30.2 Å². The number of esters is 1. The zero-order valence-corrected chi connectivity index (χ0v) is 17.3. The topological polar surface area (TPSA) is 117 Å². The molecule has 0 aliphatic heterocycles. The molecule has 3 aliphatic rings. The number of carboxylic acid groups (broad SMARTS) is 1. The molecular formula is C22H30O7. The quantitative estimate of drug-likeness (QED) is 0.646. The molecule has 29 heavy (non-hydrogen) atoms. The maximum Gasteiger partial charge on any atom is 0.311 e. The number of carboxylic acids is 1. The standard InChI is InChI=1S/C22H30O7/c1-11(23)29-16-5-7-20(2,3)22(27)10-14(24)18-13(21(16,22)4)9-15-12(6-8-28-15)17(18)19(25)26/h6,8,13-14,16-18,24,27H,5,7,9-10H2,1-4H3,(H,25,26)/t13-,14-,16-,17+,18-,21-,22+/m0/s1. The van der Waals surface area contributed by atoms with E-state index in [1.54, 1.807) is 6.07 Å². The number of hydrogen-bond acceptors (Lipinski definition) is 6. The average Bonchev–Trinajstić information content (AvgIpc) is 3.08. The summed E-state index contributed by atoms with van der Waals surface area (Å²) < 4.78 is 11.3. The summed E-state index contributed by atoms with van der Waals surface area (Å²) in [5.41, 5.74) is -2.20. The lowest BCUT2D eigenvalue weighted by atomic mass is 9.40. The highest BCUT2D eigenvalue weighted by Gasteiger charge is 2.72. The minimum atomic E-state index is -1.33. The molecule has 2 fully saturated rings. The van der Waals surface area contributed by atoms with Gasteiger partial charge >= 0.3 is 11.9 Å². The number of carbonyl (C=O) groups is 2. The summed E-state index contributed by atoms with van der Waals surface area (Å²) in [7, 11) is 0. The van der Waals surface area contributed by atoms with Gasteiger partial charge in [0.1, 0.15) is 11.9 Å². The Labute approximate surface area is 170 Å². The highest BCUT2D eigenvalue weighted by molar-refractivity contribution is 5.77. The van der Waals surface area contributed by atoms with Crippen molar-refractivity contribution in [2.75, 3.05) is 0 Å². The van der Waals surface area contributed by atoms with E-state index in [2.05, 4.69) is 0 Å². The van der Waals surface area contributed by atoms with Crippen LogP contribution in [0.5, 0.6) is 0 Å². The van der Waals surface area contributed by atoms with Gasteiger partial charge in [0.05, 0.1) is 23.9 Å². The minimum Gasteiger partial charge on any atom is -0.481 e. The number of fused-ring (bicyclic) bond motifs is 4. The first-order chi connectivity index (χ1) is 13.4. The fourth-order valence-electron chi connectivity index (χ4n) is 6.82. The number of aliphatic hydroxyl groups is 2. The van der Waals surface area contributed by atoms with E-state index in [1.807, 2.05) is 20.8 Å². The highest BCUT2D eigenvalue weighted by atomic mass is 16.5. The molecule has 160 valence electrons. The molecule has 3 N–H and O–H groups in total.